The normalized spacial score (nSPS) is 21.2. The molecule has 1 unspecified atom stereocenters. The van der Waals surface area contributed by atoms with E-state index < -0.39 is 36.8 Å². The summed E-state index contributed by atoms with van der Waals surface area (Å²) in [6, 6.07) is 0. The molecule has 0 aromatic carbocycles. The maximum atomic E-state index is 12.3. The Bertz CT molecular complexity index is 868. The molecular formula is C25H43N3O10. The lowest BCUT2D eigenvalue weighted by Crippen LogP contribution is -2.36. The first kappa shape index (κ1) is 32.2. The first-order chi connectivity index (χ1) is 18.4. The summed E-state index contributed by atoms with van der Waals surface area (Å²) in [6.07, 6.45) is -0.920. The Kier molecular flexibility index (Phi) is 15.6. The summed E-state index contributed by atoms with van der Waals surface area (Å²) in [4.78, 5) is 28.4. The van der Waals surface area contributed by atoms with Gasteiger partial charge in [0, 0.05) is 31.5 Å². The number of nitrogens with one attached hydrogen (secondary N) is 1. The van der Waals surface area contributed by atoms with Crippen LogP contribution in [0, 0.1) is 6.92 Å². The molecule has 0 bridgehead atoms. The van der Waals surface area contributed by atoms with Crippen LogP contribution in [0.5, 0.6) is 0 Å². The van der Waals surface area contributed by atoms with Crippen molar-refractivity contribution in [3.8, 4) is 0 Å². The van der Waals surface area contributed by atoms with E-state index in [-0.39, 0.29) is 12.3 Å². The largest absolute Gasteiger partial charge is 0.394 e. The van der Waals surface area contributed by atoms with E-state index in [0.717, 1.165) is 23.2 Å². The molecular weight excluding hydrogens is 502 g/mol. The quantitative estimate of drug-likeness (QED) is 0.149. The number of carbonyl (C=O) groups is 1. The van der Waals surface area contributed by atoms with Crippen molar-refractivity contribution < 1.29 is 43.8 Å². The van der Waals surface area contributed by atoms with Gasteiger partial charge in [0.1, 0.15) is 18.3 Å². The van der Waals surface area contributed by atoms with E-state index in [2.05, 4.69) is 17.2 Å². The molecule has 4 N–H and O–H groups in total. The highest BCUT2D eigenvalue weighted by Crippen LogP contribution is 2.28. The Morgan fingerprint density at radius 1 is 1.03 bits per heavy atom. The fraction of sp³-hybridized carbons (Fsp3) is 0.800. The van der Waals surface area contributed by atoms with Gasteiger partial charge in [-0.05, 0) is 31.7 Å². The van der Waals surface area contributed by atoms with Gasteiger partial charge >= 0.3 is 5.69 Å². The van der Waals surface area contributed by atoms with E-state index >= 15 is 0 Å². The van der Waals surface area contributed by atoms with Crippen molar-refractivity contribution in [2.75, 3.05) is 66.0 Å². The number of amides is 1. The van der Waals surface area contributed by atoms with Gasteiger partial charge in [0.15, 0.2) is 6.23 Å². The third-order valence-corrected chi connectivity index (χ3v) is 5.92. The van der Waals surface area contributed by atoms with Crippen molar-refractivity contribution >= 4 is 5.91 Å². The topological polar surface area (TPSA) is 171 Å². The summed E-state index contributed by atoms with van der Waals surface area (Å²) in [5, 5.41) is 32.3. The fourth-order valence-corrected chi connectivity index (χ4v) is 3.79. The molecule has 0 spiro atoms. The average Bonchev–Trinajstić information content (AvgIpc) is 3.18. The maximum absolute atomic E-state index is 12.3. The molecule has 0 aliphatic carbocycles. The van der Waals surface area contributed by atoms with Gasteiger partial charge in [0.05, 0.1) is 52.9 Å². The predicted octanol–water partition coefficient (Wildman–Crippen LogP) is -0.921. The van der Waals surface area contributed by atoms with Crippen LogP contribution < -0.4 is 11.0 Å². The van der Waals surface area contributed by atoms with Gasteiger partial charge in [-0.1, -0.05) is 6.92 Å². The van der Waals surface area contributed by atoms with Gasteiger partial charge in [-0.15, -0.1) is 0 Å². The van der Waals surface area contributed by atoms with E-state index in [1.807, 2.05) is 0 Å². The van der Waals surface area contributed by atoms with Crippen molar-refractivity contribution in [3.05, 3.63) is 27.9 Å². The highest BCUT2D eigenvalue weighted by Gasteiger charge is 2.43. The summed E-state index contributed by atoms with van der Waals surface area (Å²) in [7, 11) is 0. The second-order valence-electron chi connectivity index (χ2n) is 8.92. The van der Waals surface area contributed by atoms with Crippen LogP contribution >= 0.6 is 0 Å². The summed E-state index contributed by atoms with van der Waals surface area (Å²) in [6.45, 7) is 7.67. The molecule has 38 heavy (non-hydrogen) atoms. The van der Waals surface area contributed by atoms with E-state index in [9.17, 15) is 24.9 Å². The van der Waals surface area contributed by atoms with Crippen molar-refractivity contribution in [2.24, 2.45) is 0 Å². The van der Waals surface area contributed by atoms with Crippen molar-refractivity contribution in [2.45, 2.75) is 64.1 Å². The van der Waals surface area contributed by atoms with Gasteiger partial charge in [-0.2, -0.15) is 4.98 Å². The van der Waals surface area contributed by atoms with Crippen LogP contribution in [0.3, 0.4) is 0 Å². The minimum atomic E-state index is -1.37. The zero-order valence-electron chi connectivity index (χ0n) is 22.4. The van der Waals surface area contributed by atoms with Crippen LogP contribution in [-0.4, -0.2) is 115 Å². The minimum absolute atomic E-state index is 0.129. The summed E-state index contributed by atoms with van der Waals surface area (Å²) >= 11 is 0. The lowest BCUT2D eigenvalue weighted by molar-refractivity contribution is -0.122. The molecule has 13 heteroatoms. The molecule has 13 nitrogen and oxygen atoms in total. The summed E-state index contributed by atoms with van der Waals surface area (Å²) in [5.41, 5.74) is 0.656. The molecule has 2 rings (SSSR count). The molecule has 1 fully saturated rings. The highest BCUT2D eigenvalue weighted by atomic mass is 16.6. The number of hydrogen-bond acceptors (Lipinski definition) is 11. The number of rotatable bonds is 20. The Hall–Kier alpha value is -1.97. The molecule has 218 valence electrons. The van der Waals surface area contributed by atoms with Gasteiger partial charge in [-0.25, -0.2) is 4.79 Å². The number of aryl methyl sites for hydroxylation is 2. The van der Waals surface area contributed by atoms with Crippen molar-refractivity contribution in [1.29, 1.82) is 0 Å². The number of ether oxygens (including phenoxy) is 5. The van der Waals surface area contributed by atoms with Crippen LogP contribution in [0.2, 0.25) is 0 Å². The SMILES string of the molecule is CCCOCCOCCOCCOCCC(=O)NCCCc1cn([C@@H]2O[C@H](CO)C(O)[C@@H]2O)c(=O)nc1C. The van der Waals surface area contributed by atoms with Gasteiger partial charge in [0.2, 0.25) is 5.91 Å². The zero-order valence-corrected chi connectivity index (χ0v) is 22.4. The zero-order chi connectivity index (χ0) is 27.8. The molecule has 1 aliphatic rings. The standard InChI is InChI=1S/C25H43N3O10/c1-3-8-34-10-12-36-14-15-37-13-11-35-9-6-21(30)26-7-4-5-19-16-28(25(33)27-18(19)2)24-23(32)22(31)20(17-29)38-24/h16,20,22-24,29,31-32H,3-15,17H2,1-2H3,(H,26,30)/t20-,22?,23+,24-/m1/s1. The minimum Gasteiger partial charge on any atom is -0.394 e. The lowest BCUT2D eigenvalue weighted by atomic mass is 10.1. The highest BCUT2D eigenvalue weighted by molar-refractivity contribution is 5.75. The molecule has 0 saturated carbocycles. The summed E-state index contributed by atoms with van der Waals surface area (Å²) < 4.78 is 28.1. The van der Waals surface area contributed by atoms with Gasteiger partial charge in [-0.3, -0.25) is 9.36 Å². The van der Waals surface area contributed by atoms with Crippen LogP contribution in [0.4, 0.5) is 0 Å². The van der Waals surface area contributed by atoms with Crippen molar-refractivity contribution in [1.82, 2.24) is 14.9 Å². The van der Waals surface area contributed by atoms with Crippen molar-refractivity contribution in [3.63, 3.8) is 0 Å². The maximum Gasteiger partial charge on any atom is 0.349 e. The molecule has 1 saturated heterocycles. The number of aromatic nitrogens is 2. The Labute approximate surface area is 223 Å². The number of hydrogen-bond donors (Lipinski definition) is 4. The average molecular weight is 546 g/mol. The van der Waals surface area contributed by atoms with E-state index in [0.29, 0.717) is 71.3 Å². The Balaban J connectivity index is 1.57. The molecule has 1 amide bonds. The third kappa shape index (κ3) is 11.0. The number of carbonyl (C=O) groups excluding carboxylic acids is 1. The smallest absolute Gasteiger partial charge is 0.349 e. The first-order valence-corrected chi connectivity index (χ1v) is 13.2. The number of aliphatic hydroxyl groups excluding tert-OH is 3. The first-order valence-electron chi connectivity index (χ1n) is 13.2. The van der Waals surface area contributed by atoms with E-state index in [4.69, 9.17) is 23.7 Å². The molecule has 1 aromatic heterocycles. The second-order valence-corrected chi connectivity index (χ2v) is 8.92. The molecule has 1 aromatic rings. The predicted molar refractivity (Wildman–Crippen MR) is 136 cm³/mol. The third-order valence-electron chi connectivity index (χ3n) is 5.92. The van der Waals surface area contributed by atoms with Gasteiger partial charge in [0.25, 0.3) is 0 Å². The molecule has 4 atom stereocenters. The van der Waals surface area contributed by atoms with Crippen LogP contribution in [0.25, 0.3) is 0 Å². The molecule has 1 aliphatic heterocycles. The van der Waals surface area contributed by atoms with Crippen LogP contribution in [-0.2, 0) is 34.9 Å². The fourth-order valence-electron chi connectivity index (χ4n) is 3.79. The van der Waals surface area contributed by atoms with E-state index in [1.54, 1.807) is 6.92 Å². The summed E-state index contributed by atoms with van der Waals surface area (Å²) in [5.74, 6) is -0.129. The van der Waals surface area contributed by atoms with Gasteiger partial charge < -0.3 is 44.3 Å². The van der Waals surface area contributed by atoms with Crippen LogP contribution in [0.1, 0.15) is 43.7 Å². The Morgan fingerprint density at radius 3 is 2.21 bits per heavy atom. The van der Waals surface area contributed by atoms with E-state index in [1.165, 1.54) is 6.20 Å². The monoisotopic (exact) mass is 545 g/mol. The second kappa shape index (κ2) is 18.3. The van der Waals surface area contributed by atoms with Crippen LogP contribution in [0.15, 0.2) is 11.0 Å². The number of nitrogens with zero attached hydrogens (tertiary/aromatic N) is 2. The lowest BCUT2D eigenvalue weighted by Gasteiger charge is -2.19. The number of aliphatic hydroxyl groups is 3. The Morgan fingerprint density at radius 2 is 1.63 bits per heavy atom. The molecule has 2 heterocycles. The molecule has 0 radical (unpaired) electrons.